The van der Waals surface area contributed by atoms with E-state index in [4.69, 9.17) is 0 Å². The molecule has 0 unspecified atom stereocenters. The Morgan fingerprint density at radius 2 is 0.966 bits per heavy atom. The maximum absolute atomic E-state index is 2.99. The zero-order chi connectivity index (χ0) is 20.4. The van der Waals surface area contributed by atoms with Gasteiger partial charge in [0.2, 0.25) is 0 Å². The molecule has 0 nitrogen and oxygen atoms in total. The van der Waals surface area contributed by atoms with Gasteiger partial charge in [0, 0.05) is 0 Å². The molecular formula is C28H32Zr. The second-order valence-corrected chi connectivity index (χ2v) is 18.8. The van der Waals surface area contributed by atoms with Gasteiger partial charge in [0.1, 0.15) is 0 Å². The molecule has 0 saturated carbocycles. The summed E-state index contributed by atoms with van der Waals surface area (Å²) in [7, 11) is 0. The predicted molar refractivity (Wildman–Crippen MR) is 122 cm³/mol. The number of rotatable bonds is 6. The van der Waals surface area contributed by atoms with Crippen LogP contribution in [0.1, 0.15) is 51.7 Å². The first-order valence-electron chi connectivity index (χ1n) is 10.8. The van der Waals surface area contributed by atoms with Crippen molar-refractivity contribution in [3.8, 4) is 0 Å². The fraction of sp³-hybridized carbons (Fsp3) is 0.286. The number of benzene rings is 2. The van der Waals surface area contributed by atoms with Crippen LogP contribution in [0.4, 0.5) is 0 Å². The van der Waals surface area contributed by atoms with E-state index < -0.39 is 20.3 Å². The van der Waals surface area contributed by atoms with Crippen molar-refractivity contribution < 1.29 is 20.3 Å². The van der Waals surface area contributed by atoms with Crippen molar-refractivity contribution in [2.24, 2.45) is 0 Å². The molecule has 0 bridgehead atoms. The Morgan fingerprint density at radius 3 is 1.28 bits per heavy atom. The van der Waals surface area contributed by atoms with Crippen molar-refractivity contribution in [1.29, 1.82) is 0 Å². The molecule has 0 atom stereocenters. The van der Waals surface area contributed by atoms with Gasteiger partial charge in [-0.2, -0.15) is 0 Å². The second-order valence-electron chi connectivity index (χ2n) is 8.80. The quantitative estimate of drug-likeness (QED) is 0.413. The monoisotopic (exact) mass is 458 g/mol. The topological polar surface area (TPSA) is 0 Å². The molecule has 2 aliphatic carbocycles. The van der Waals surface area contributed by atoms with E-state index in [1.165, 1.54) is 43.4 Å². The molecule has 0 radical (unpaired) electrons. The van der Waals surface area contributed by atoms with Gasteiger partial charge in [-0.3, -0.25) is 0 Å². The Bertz CT molecular complexity index is 931. The standard InChI is InChI=1S/2C7H9.2C7H7.Zr/c2*1-6-4-3-5-7(6)2;2*1-7-5-3-2-4-6-7;/h2*4H,3H2,1-2H3;2*2-6H,1H2;. The fourth-order valence-electron chi connectivity index (χ4n) is 5.27. The van der Waals surface area contributed by atoms with Gasteiger partial charge in [0.05, 0.1) is 0 Å². The normalized spacial score (nSPS) is 17.1. The molecule has 0 aromatic heterocycles. The molecule has 1 heteroatoms. The Hall–Kier alpha value is -1.72. The third kappa shape index (κ3) is 4.00. The summed E-state index contributed by atoms with van der Waals surface area (Å²) >= 11 is -2.99. The van der Waals surface area contributed by atoms with Crippen LogP contribution in [-0.4, -0.2) is 0 Å². The molecular weight excluding hydrogens is 428 g/mol. The van der Waals surface area contributed by atoms with Crippen LogP contribution in [0.2, 0.25) is 0 Å². The van der Waals surface area contributed by atoms with Gasteiger partial charge in [-0.1, -0.05) is 0 Å². The van der Waals surface area contributed by atoms with Gasteiger partial charge in [0.25, 0.3) is 0 Å². The summed E-state index contributed by atoms with van der Waals surface area (Å²) in [6, 6.07) is 22.6. The van der Waals surface area contributed by atoms with E-state index in [9.17, 15) is 0 Å². The summed E-state index contributed by atoms with van der Waals surface area (Å²) < 4.78 is 6.21. The summed E-state index contributed by atoms with van der Waals surface area (Å²) in [4.78, 5) is 0. The average molecular weight is 460 g/mol. The number of hydrogen-bond acceptors (Lipinski definition) is 0. The molecule has 2 aliphatic rings. The summed E-state index contributed by atoms with van der Waals surface area (Å²) in [5.41, 5.74) is 9.24. The van der Waals surface area contributed by atoms with E-state index in [-0.39, 0.29) is 0 Å². The van der Waals surface area contributed by atoms with Gasteiger partial charge < -0.3 is 0 Å². The Kier molecular flexibility index (Phi) is 6.07. The number of allylic oxidation sites excluding steroid dienone is 8. The van der Waals surface area contributed by atoms with Crippen LogP contribution in [0.15, 0.2) is 102 Å². The first-order valence-corrected chi connectivity index (χ1v) is 16.8. The van der Waals surface area contributed by atoms with Crippen LogP contribution in [0.25, 0.3) is 0 Å². The van der Waals surface area contributed by atoms with E-state index in [0.29, 0.717) is 0 Å². The van der Waals surface area contributed by atoms with Crippen LogP contribution in [-0.2, 0) is 28.5 Å². The summed E-state index contributed by atoms with van der Waals surface area (Å²) in [5, 5.41) is 0. The van der Waals surface area contributed by atoms with Crippen LogP contribution in [0.5, 0.6) is 0 Å². The fourth-order valence-corrected chi connectivity index (χ4v) is 20.1. The van der Waals surface area contributed by atoms with Gasteiger partial charge in [-0.25, -0.2) is 0 Å². The SMILES string of the molecule is CC1=CC[C]([Zr]([CH2]c2ccccc2)([CH2]c2ccccc2)[C]2=C(C)C(C)=CC2)=C1C. The van der Waals surface area contributed by atoms with Crippen molar-refractivity contribution in [2.75, 3.05) is 0 Å². The van der Waals surface area contributed by atoms with Crippen LogP contribution < -0.4 is 0 Å². The van der Waals surface area contributed by atoms with Crippen molar-refractivity contribution >= 4 is 0 Å². The Balaban J connectivity index is 1.92. The van der Waals surface area contributed by atoms with Gasteiger partial charge in [-0.15, -0.1) is 0 Å². The molecule has 2 aromatic carbocycles. The van der Waals surface area contributed by atoms with Crippen molar-refractivity contribution in [3.05, 3.63) is 113 Å². The van der Waals surface area contributed by atoms with Gasteiger partial charge >= 0.3 is 182 Å². The molecule has 4 rings (SSSR count). The van der Waals surface area contributed by atoms with Gasteiger partial charge in [0.15, 0.2) is 0 Å². The summed E-state index contributed by atoms with van der Waals surface area (Å²) in [6.45, 7) is 9.40. The number of hydrogen-bond donors (Lipinski definition) is 0. The molecule has 148 valence electrons. The first kappa shape index (κ1) is 20.6. The zero-order valence-electron chi connectivity index (χ0n) is 18.3. The molecule has 0 fully saturated rings. The first-order chi connectivity index (χ1) is 14.0. The Morgan fingerprint density at radius 1 is 0.586 bits per heavy atom. The minimum atomic E-state index is -2.99. The molecule has 0 amide bonds. The third-order valence-corrected chi connectivity index (χ3v) is 20.7. The van der Waals surface area contributed by atoms with E-state index in [2.05, 4.69) is 101 Å². The molecule has 0 heterocycles. The van der Waals surface area contributed by atoms with E-state index in [0.717, 1.165) is 0 Å². The Labute approximate surface area is 181 Å². The molecule has 0 saturated heterocycles. The van der Waals surface area contributed by atoms with E-state index >= 15 is 0 Å². The van der Waals surface area contributed by atoms with E-state index in [1.807, 2.05) is 6.56 Å². The van der Waals surface area contributed by atoms with E-state index in [1.54, 1.807) is 11.1 Å². The van der Waals surface area contributed by atoms with Crippen molar-refractivity contribution in [1.82, 2.24) is 0 Å². The molecule has 0 aliphatic heterocycles. The summed E-state index contributed by atoms with van der Waals surface area (Å²) in [5.74, 6) is 0. The maximum atomic E-state index is 2.48. The minimum absolute atomic E-state index is 1.17. The van der Waals surface area contributed by atoms with Crippen LogP contribution in [0, 0.1) is 0 Å². The predicted octanol–water partition coefficient (Wildman–Crippen LogP) is 7.79. The van der Waals surface area contributed by atoms with Crippen LogP contribution in [0.3, 0.4) is 0 Å². The molecule has 29 heavy (non-hydrogen) atoms. The average Bonchev–Trinajstić information content (AvgIpc) is 3.25. The molecule has 0 N–H and O–H groups in total. The zero-order valence-corrected chi connectivity index (χ0v) is 20.7. The van der Waals surface area contributed by atoms with Gasteiger partial charge in [-0.05, 0) is 0 Å². The third-order valence-electron chi connectivity index (χ3n) is 7.17. The summed E-state index contributed by atoms with van der Waals surface area (Å²) in [6.07, 6.45) is 7.31. The van der Waals surface area contributed by atoms with Crippen LogP contribution >= 0.6 is 0 Å². The molecule has 2 aromatic rings. The second kappa shape index (κ2) is 8.57. The molecule has 0 spiro atoms. The van der Waals surface area contributed by atoms with Crippen molar-refractivity contribution in [2.45, 2.75) is 48.8 Å². The van der Waals surface area contributed by atoms with Crippen molar-refractivity contribution in [3.63, 3.8) is 0 Å².